The van der Waals surface area contributed by atoms with E-state index in [1.165, 1.54) is 13.0 Å². The number of halogens is 1. The molecule has 1 aromatic carbocycles. The van der Waals surface area contributed by atoms with Crippen molar-refractivity contribution in [3.63, 3.8) is 0 Å². The second kappa shape index (κ2) is 4.65. The molecular formula is C13H14FNO2. The molecule has 1 aliphatic rings. The van der Waals surface area contributed by atoms with E-state index in [1.807, 2.05) is 6.92 Å². The van der Waals surface area contributed by atoms with Gasteiger partial charge in [0.1, 0.15) is 5.82 Å². The van der Waals surface area contributed by atoms with Crippen LogP contribution in [0.25, 0.3) is 0 Å². The van der Waals surface area contributed by atoms with E-state index in [2.05, 4.69) is 9.99 Å². The number of hydrogen-bond donors (Lipinski definition) is 0. The van der Waals surface area contributed by atoms with Crippen LogP contribution in [0.15, 0.2) is 17.3 Å². The number of carbonyl (C=O) groups excluding carboxylic acids is 1. The highest BCUT2D eigenvalue weighted by Gasteiger charge is 2.21. The van der Waals surface area contributed by atoms with Gasteiger partial charge in [0.25, 0.3) is 0 Å². The van der Waals surface area contributed by atoms with Crippen molar-refractivity contribution in [2.45, 2.75) is 33.1 Å². The Morgan fingerprint density at radius 2 is 2.18 bits per heavy atom. The molecule has 0 atom stereocenters. The first-order valence-corrected chi connectivity index (χ1v) is 5.62. The topological polar surface area (TPSA) is 38.7 Å². The van der Waals surface area contributed by atoms with E-state index in [9.17, 15) is 9.18 Å². The molecule has 4 heteroatoms. The summed E-state index contributed by atoms with van der Waals surface area (Å²) in [6.45, 7) is 3.23. The normalized spacial score (nSPS) is 16.8. The van der Waals surface area contributed by atoms with Gasteiger partial charge in [-0.15, -0.1) is 0 Å². The van der Waals surface area contributed by atoms with Gasteiger partial charge >= 0.3 is 5.97 Å². The molecule has 90 valence electrons. The predicted molar refractivity (Wildman–Crippen MR) is 62.4 cm³/mol. The molecule has 1 aliphatic carbocycles. The Bertz CT molecular complexity index is 494. The van der Waals surface area contributed by atoms with Crippen LogP contribution in [-0.2, 0) is 16.1 Å². The number of hydrogen-bond acceptors (Lipinski definition) is 3. The van der Waals surface area contributed by atoms with Gasteiger partial charge in [0, 0.05) is 12.5 Å². The lowest BCUT2D eigenvalue weighted by atomic mass is 9.87. The van der Waals surface area contributed by atoms with Crippen LogP contribution in [-0.4, -0.2) is 11.7 Å². The van der Waals surface area contributed by atoms with Crippen LogP contribution in [0.1, 0.15) is 36.5 Å². The summed E-state index contributed by atoms with van der Waals surface area (Å²) in [6.07, 6.45) is 2.38. The molecule has 0 fully saturated rings. The van der Waals surface area contributed by atoms with Crippen LogP contribution in [0, 0.1) is 12.7 Å². The molecule has 0 saturated heterocycles. The number of carbonyl (C=O) groups is 1. The maximum atomic E-state index is 13.8. The lowest BCUT2D eigenvalue weighted by Crippen LogP contribution is -2.16. The smallest absolute Gasteiger partial charge is 0.318 e. The number of oxime groups is 1. The molecular weight excluding hydrogens is 222 g/mol. The minimum atomic E-state index is -0.488. The molecule has 17 heavy (non-hydrogen) atoms. The first kappa shape index (κ1) is 11.8. The molecule has 0 N–H and O–H groups in total. The van der Waals surface area contributed by atoms with Crippen LogP contribution in [0.3, 0.4) is 0 Å². The standard InChI is InChI=1S/C13H14FNO2/c1-8-6-7-11(14)13-10(8)4-3-5-12(13)15-17-9(2)16/h6-7H,3-5H2,1-2H3/b15-12-/i15+1. The van der Waals surface area contributed by atoms with Gasteiger partial charge in [-0.25, -0.2) is 9.18 Å². The van der Waals surface area contributed by atoms with Gasteiger partial charge in [-0.1, -0.05) is 11.2 Å². The molecule has 0 aliphatic heterocycles. The first-order valence-electron chi connectivity index (χ1n) is 5.62. The van der Waals surface area contributed by atoms with Crippen molar-refractivity contribution in [1.29, 1.82) is 0 Å². The van der Waals surface area contributed by atoms with Crippen molar-refractivity contribution in [1.82, 2.24) is 0 Å². The molecule has 0 saturated carbocycles. The summed E-state index contributed by atoms with van der Waals surface area (Å²) in [7, 11) is 0. The van der Waals surface area contributed by atoms with Gasteiger partial charge in [0.05, 0.1) is 5.71 Å². The number of nitrogens with zero attached hydrogens (tertiary/aromatic N) is 1. The molecule has 0 amide bonds. The van der Waals surface area contributed by atoms with E-state index in [0.29, 0.717) is 17.7 Å². The lowest BCUT2D eigenvalue weighted by molar-refractivity contribution is -0.140. The van der Waals surface area contributed by atoms with E-state index in [1.54, 1.807) is 6.07 Å². The first-order chi connectivity index (χ1) is 8.09. The van der Waals surface area contributed by atoms with E-state index in [4.69, 9.17) is 0 Å². The number of aryl methyl sites for hydroxylation is 1. The summed E-state index contributed by atoms with van der Waals surface area (Å²) in [4.78, 5) is 15.3. The Morgan fingerprint density at radius 3 is 2.88 bits per heavy atom. The third-order valence-electron chi connectivity index (χ3n) is 2.91. The number of fused-ring (bicyclic) bond motifs is 1. The Morgan fingerprint density at radius 1 is 1.41 bits per heavy atom. The molecule has 0 radical (unpaired) electrons. The highest BCUT2D eigenvalue weighted by Crippen LogP contribution is 2.27. The maximum Gasteiger partial charge on any atom is 0.331 e. The summed E-state index contributed by atoms with van der Waals surface area (Å²) in [5.74, 6) is -0.783. The summed E-state index contributed by atoms with van der Waals surface area (Å²) >= 11 is 0. The molecule has 0 aromatic heterocycles. The van der Waals surface area contributed by atoms with Crippen molar-refractivity contribution >= 4 is 11.7 Å². The Labute approximate surface area is 99.3 Å². The zero-order valence-electron chi connectivity index (χ0n) is 9.92. The highest BCUT2D eigenvalue weighted by molar-refractivity contribution is 6.03. The Balaban J connectivity index is 2.47. The van der Waals surface area contributed by atoms with Gasteiger partial charge < -0.3 is 4.84 Å². The third-order valence-corrected chi connectivity index (χ3v) is 2.91. The average molecular weight is 236 g/mol. The minimum absolute atomic E-state index is 0.295. The van der Waals surface area contributed by atoms with Gasteiger partial charge in [-0.3, -0.25) is 0 Å². The van der Waals surface area contributed by atoms with Crippen LogP contribution in [0.5, 0.6) is 0 Å². The number of benzene rings is 1. The molecule has 0 spiro atoms. The average Bonchev–Trinajstić information content (AvgIpc) is 2.31. The predicted octanol–water partition coefficient (Wildman–Crippen LogP) is 2.74. The summed E-state index contributed by atoms with van der Waals surface area (Å²) in [6, 6.07) is 3.20. The molecule has 0 unspecified atom stereocenters. The monoisotopic (exact) mass is 236 g/mol. The van der Waals surface area contributed by atoms with Crippen molar-refractivity contribution in [2.75, 3.05) is 0 Å². The maximum absolute atomic E-state index is 13.8. The third kappa shape index (κ3) is 2.35. The van der Waals surface area contributed by atoms with E-state index < -0.39 is 5.97 Å². The zero-order chi connectivity index (χ0) is 12.4. The summed E-state index contributed by atoms with van der Waals surface area (Å²) < 4.78 is 13.8. The van der Waals surface area contributed by atoms with Crippen molar-refractivity contribution in [2.24, 2.45) is 5.16 Å². The second-order valence-corrected chi connectivity index (χ2v) is 4.19. The van der Waals surface area contributed by atoms with Crippen molar-refractivity contribution in [3.05, 3.63) is 34.6 Å². The molecule has 1 aromatic rings. The quantitative estimate of drug-likeness (QED) is 0.427. The zero-order valence-corrected chi connectivity index (χ0v) is 9.92. The van der Waals surface area contributed by atoms with Gasteiger partial charge in [0.2, 0.25) is 0 Å². The fourth-order valence-corrected chi connectivity index (χ4v) is 2.13. The molecule has 0 heterocycles. The number of rotatable bonds is 1. The van der Waals surface area contributed by atoms with Crippen LogP contribution in [0.2, 0.25) is 0 Å². The van der Waals surface area contributed by atoms with Crippen LogP contribution >= 0.6 is 0 Å². The fraction of sp³-hybridized carbons (Fsp3) is 0.385. The van der Waals surface area contributed by atoms with E-state index >= 15 is 0 Å². The molecule has 3 nitrogen and oxygen atoms in total. The summed E-state index contributed by atoms with van der Waals surface area (Å²) in [5, 5.41) is 3.75. The highest BCUT2D eigenvalue weighted by atomic mass is 19.1. The van der Waals surface area contributed by atoms with E-state index in [-0.39, 0.29) is 5.82 Å². The SMILES string of the molecule is CC(=O)O/[15N]=C1/CCCc2c(C)ccc(F)c21. The van der Waals surface area contributed by atoms with Crippen LogP contribution < -0.4 is 0 Å². The van der Waals surface area contributed by atoms with Gasteiger partial charge in [-0.05, 0) is 43.4 Å². The van der Waals surface area contributed by atoms with Gasteiger partial charge in [0.15, 0.2) is 0 Å². The molecule has 0 bridgehead atoms. The minimum Gasteiger partial charge on any atom is -0.318 e. The van der Waals surface area contributed by atoms with Crippen molar-refractivity contribution in [3.8, 4) is 0 Å². The lowest BCUT2D eigenvalue weighted by Gasteiger charge is -2.19. The van der Waals surface area contributed by atoms with E-state index in [0.717, 1.165) is 24.0 Å². The molecule has 2 rings (SSSR count). The fourth-order valence-electron chi connectivity index (χ4n) is 2.13. The Hall–Kier alpha value is -1.71. The largest absolute Gasteiger partial charge is 0.331 e. The Kier molecular flexibility index (Phi) is 3.22. The van der Waals surface area contributed by atoms with Crippen LogP contribution in [0.4, 0.5) is 4.39 Å². The summed E-state index contributed by atoms with van der Waals surface area (Å²) in [5.41, 5.74) is 3.07. The van der Waals surface area contributed by atoms with Crippen molar-refractivity contribution < 1.29 is 14.0 Å². The second-order valence-electron chi connectivity index (χ2n) is 4.19. The van der Waals surface area contributed by atoms with Gasteiger partial charge in [-0.2, -0.15) is 0 Å².